The smallest absolute Gasteiger partial charge is 0.240 e. The van der Waals surface area contributed by atoms with Gasteiger partial charge in [0, 0.05) is 12.0 Å². The van der Waals surface area contributed by atoms with E-state index < -0.39 is 16.1 Å². The van der Waals surface area contributed by atoms with Crippen molar-refractivity contribution in [1.29, 1.82) is 0 Å². The topological polar surface area (TPSA) is 63.2 Å². The predicted molar refractivity (Wildman–Crippen MR) is 75.4 cm³/mol. The van der Waals surface area contributed by atoms with Gasteiger partial charge in [-0.25, -0.2) is 13.1 Å². The first-order valence-corrected chi connectivity index (χ1v) is 7.80. The minimum Gasteiger partial charge on any atom is -0.303 e. The molecule has 0 aliphatic carbocycles. The van der Waals surface area contributed by atoms with Crippen molar-refractivity contribution < 1.29 is 13.2 Å². The van der Waals surface area contributed by atoms with E-state index in [1.165, 1.54) is 0 Å². The van der Waals surface area contributed by atoms with Gasteiger partial charge < -0.3 is 4.79 Å². The maximum atomic E-state index is 12.3. The molecule has 0 heterocycles. The first kappa shape index (κ1) is 15.9. The Morgan fingerprint density at radius 3 is 2.05 bits per heavy atom. The largest absolute Gasteiger partial charge is 0.303 e. The van der Waals surface area contributed by atoms with Gasteiger partial charge in [0.2, 0.25) is 10.0 Å². The predicted octanol–water partition coefficient (Wildman–Crippen LogP) is 2.13. The van der Waals surface area contributed by atoms with E-state index >= 15 is 0 Å². The molecule has 0 aliphatic heterocycles. The maximum absolute atomic E-state index is 12.3. The average Bonchev–Trinajstić information content (AvgIpc) is 2.35. The zero-order valence-electron chi connectivity index (χ0n) is 11.8. The second kappa shape index (κ2) is 6.30. The van der Waals surface area contributed by atoms with Gasteiger partial charge in [-0.3, -0.25) is 0 Å². The van der Waals surface area contributed by atoms with E-state index in [0.29, 0.717) is 0 Å². The summed E-state index contributed by atoms with van der Waals surface area (Å²) in [6.07, 6.45) is 0.780. The second-order valence-electron chi connectivity index (χ2n) is 5.20. The van der Waals surface area contributed by atoms with Gasteiger partial charge in [-0.2, -0.15) is 0 Å². The molecule has 106 valence electrons. The van der Waals surface area contributed by atoms with Crippen LogP contribution in [0.5, 0.6) is 0 Å². The highest BCUT2D eigenvalue weighted by atomic mass is 32.2. The fraction of sp³-hybridized carbons (Fsp3) is 0.500. The Labute approximate surface area is 115 Å². The zero-order chi connectivity index (χ0) is 14.6. The zero-order valence-corrected chi connectivity index (χ0v) is 12.6. The Kier molecular flexibility index (Phi) is 5.26. The summed E-state index contributed by atoms with van der Waals surface area (Å²) in [5, 5.41) is 0. The van der Waals surface area contributed by atoms with Gasteiger partial charge in [-0.05, 0) is 25.0 Å². The number of carbonyl (C=O) groups is 1. The molecule has 0 unspecified atom stereocenters. The summed E-state index contributed by atoms with van der Waals surface area (Å²) >= 11 is 0. The van der Waals surface area contributed by atoms with Gasteiger partial charge in [-0.15, -0.1) is 0 Å². The van der Waals surface area contributed by atoms with Crippen LogP contribution in [0.25, 0.3) is 0 Å². The summed E-state index contributed by atoms with van der Waals surface area (Å²) in [4.78, 5) is 11.1. The van der Waals surface area contributed by atoms with E-state index in [0.717, 1.165) is 11.8 Å². The molecule has 0 saturated carbocycles. The Morgan fingerprint density at radius 2 is 1.63 bits per heavy atom. The van der Waals surface area contributed by atoms with Gasteiger partial charge in [0.1, 0.15) is 6.29 Å². The summed E-state index contributed by atoms with van der Waals surface area (Å²) in [5.41, 5.74) is 1.00. The summed E-state index contributed by atoms with van der Waals surface area (Å²) in [6.45, 7) is 7.40. The first-order chi connectivity index (χ1) is 8.77. The minimum absolute atomic E-state index is 0.0421. The van der Waals surface area contributed by atoms with Crippen molar-refractivity contribution in [3.63, 3.8) is 0 Å². The average molecular weight is 283 g/mol. The second-order valence-corrected chi connectivity index (χ2v) is 6.91. The summed E-state index contributed by atoms with van der Waals surface area (Å²) in [5.74, 6) is -0.319. The quantitative estimate of drug-likeness (QED) is 0.813. The molecule has 4 nitrogen and oxygen atoms in total. The maximum Gasteiger partial charge on any atom is 0.240 e. The molecule has 0 saturated heterocycles. The molecule has 0 fully saturated rings. The van der Waals surface area contributed by atoms with Crippen LogP contribution < -0.4 is 4.72 Å². The van der Waals surface area contributed by atoms with Gasteiger partial charge in [0.15, 0.2) is 0 Å². The number of hydrogen-bond acceptors (Lipinski definition) is 3. The molecule has 5 heteroatoms. The van der Waals surface area contributed by atoms with Gasteiger partial charge in [0.25, 0.3) is 0 Å². The Hall–Kier alpha value is -1.20. The molecule has 1 rings (SSSR count). The van der Waals surface area contributed by atoms with Crippen molar-refractivity contribution in [2.45, 2.75) is 38.6 Å². The number of rotatable bonds is 6. The normalized spacial score (nSPS) is 15.2. The van der Waals surface area contributed by atoms with Crippen LogP contribution in [0.15, 0.2) is 29.2 Å². The van der Waals surface area contributed by atoms with Crippen LogP contribution >= 0.6 is 0 Å². The van der Waals surface area contributed by atoms with Crippen molar-refractivity contribution in [3.8, 4) is 0 Å². The molecular formula is C14H21NO3S. The molecule has 0 amide bonds. The highest BCUT2D eigenvalue weighted by Gasteiger charge is 2.26. The third kappa shape index (κ3) is 4.14. The van der Waals surface area contributed by atoms with E-state index in [9.17, 15) is 13.2 Å². The van der Waals surface area contributed by atoms with E-state index in [1.807, 2.05) is 20.8 Å². The third-order valence-electron chi connectivity index (χ3n) is 3.12. The lowest BCUT2D eigenvalue weighted by molar-refractivity contribution is -0.111. The van der Waals surface area contributed by atoms with Crippen LogP contribution in [-0.2, 0) is 14.8 Å². The van der Waals surface area contributed by atoms with Crippen LogP contribution in [0.1, 0.15) is 26.3 Å². The summed E-state index contributed by atoms with van der Waals surface area (Å²) in [7, 11) is -3.59. The van der Waals surface area contributed by atoms with Crippen LogP contribution in [-0.4, -0.2) is 20.7 Å². The van der Waals surface area contributed by atoms with Crippen LogP contribution in [0, 0.1) is 18.8 Å². The first-order valence-electron chi connectivity index (χ1n) is 6.32. The van der Waals surface area contributed by atoms with Crippen molar-refractivity contribution >= 4 is 16.3 Å². The monoisotopic (exact) mass is 283 g/mol. The number of carbonyl (C=O) groups excluding carboxylic acids is 1. The van der Waals surface area contributed by atoms with E-state index in [-0.39, 0.29) is 16.7 Å². The van der Waals surface area contributed by atoms with Crippen molar-refractivity contribution in [2.75, 3.05) is 0 Å². The van der Waals surface area contributed by atoms with Crippen LogP contribution in [0.4, 0.5) is 0 Å². The Bertz CT molecular complexity index is 520. The summed E-state index contributed by atoms with van der Waals surface area (Å²) in [6, 6.07) is 6.25. The number of sulfonamides is 1. The number of aldehydes is 1. The molecule has 0 bridgehead atoms. The molecule has 0 aliphatic rings. The van der Waals surface area contributed by atoms with Gasteiger partial charge in [-0.1, -0.05) is 38.5 Å². The molecular weight excluding hydrogens is 262 g/mol. The molecule has 1 aromatic carbocycles. The minimum atomic E-state index is -3.59. The van der Waals surface area contributed by atoms with Gasteiger partial charge in [0.05, 0.1) is 4.90 Å². The lowest BCUT2D eigenvalue weighted by atomic mass is 9.94. The molecule has 1 aromatic rings. The Morgan fingerprint density at radius 1 is 1.11 bits per heavy atom. The number of nitrogens with one attached hydrogen (secondary N) is 1. The fourth-order valence-corrected chi connectivity index (χ4v) is 3.38. The number of hydrogen-bond donors (Lipinski definition) is 1. The van der Waals surface area contributed by atoms with Gasteiger partial charge >= 0.3 is 0 Å². The van der Waals surface area contributed by atoms with E-state index in [4.69, 9.17) is 0 Å². The highest BCUT2D eigenvalue weighted by molar-refractivity contribution is 7.89. The van der Waals surface area contributed by atoms with E-state index in [2.05, 4.69) is 4.72 Å². The van der Waals surface area contributed by atoms with Crippen LogP contribution in [0.3, 0.4) is 0 Å². The Balaban J connectivity index is 3.00. The lowest BCUT2D eigenvalue weighted by Crippen LogP contribution is -2.43. The molecule has 1 N–H and O–H groups in total. The number of aryl methyl sites for hydroxylation is 1. The SMILES string of the molecule is Cc1ccc(S(=O)(=O)N[C@H](C(C)C)[C@@H](C)C=O)cc1. The van der Waals surface area contributed by atoms with Crippen molar-refractivity contribution in [2.24, 2.45) is 11.8 Å². The molecule has 0 radical (unpaired) electrons. The molecule has 19 heavy (non-hydrogen) atoms. The number of benzene rings is 1. The summed E-state index contributed by atoms with van der Waals surface area (Å²) < 4.78 is 27.1. The van der Waals surface area contributed by atoms with Crippen molar-refractivity contribution in [1.82, 2.24) is 4.72 Å². The molecule has 2 atom stereocenters. The lowest BCUT2D eigenvalue weighted by Gasteiger charge is -2.25. The molecule has 0 aromatic heterocycles. The third-order valence-corrected chi connectivity index (χ3v) is 4.60. The standard InChI is InChI=1S/C14H21NO3S/c1-10(2)14(12(4)9-16)15-19(17,18)13-7-5-11(3)6-8-13/h5-10,12,14-15H,1-4H3/t12-,14+/m0/s1. The fourth-order valence-electron chi connectivity index (χ4n) is 1.90. The van der Waals surface area contributed by atoms with Crippen molar-refractivity contribution in [3.05, 3.63) is 29.8 Å². The van der Waals surface area contributed by atoms with E-state index in [1.54, 1.807) is 31.2 Å². The highest BCUT2D eigenvalue weighted by Crippen LogP contribution is 2.16. The van der Waals surface area contributed by atoms with Crippen LogP contribution in [0.2, 0.25) is 0 Å². The molecule has 0 spiro atoms.